The van der Waals surface area contributed by atoms with Crippen LogP contribution in [0.15, 0.2) is 12.7 Å². The van der Waals surface area contributed by atoms with E-state index in [2.05, 4.69) is 28.8 Å². The number of rotatable bonds is 3. The van der Waals surface area contributed by atoms with E-state index in [9.17, 15) is 0 Å². The molecule has 0 N–H and O–H groups in total. The zero-order valence-electron chi connectivity index (χ0n) is 9.33. The van der Waals surface area contributed by atoms with Crippen LogP contribution in [0.25, 0.3) is 0 Å². The van der Waals surface area contributed by atoms with E-state index in [1.807, 2.05) is 4.68 Å². The average Bonchev–Trinajstić information content (AvgIpc) is 2.71. The monoisotopic (exact) mass is 210 g/mol. The minimum Gasteiger partial charge on any atom is -0.374 e. The van der Waals surface area contributed by atoms with Crippen LogP contribution >= 0.6 is 0 Å². The van der Waals surface area contributed by atoms with E-state index < -0.39 is 0 Å². The first-order valence-corrected chi connectivity index (χ1v) is 5.44. The Bertz CT molecular complexity index is 286. The summed E-state index contributed by atoms with van der Waals surface area (Å²) < 4.78 is 7.53. The zero-order valence-corrected chi connectivity index (χ0v) is 9.33. The van der Waals surface area contributed by atoms with E-state index >= 15 is 0 Å². The summed E-state index contributed by atoms with van der Waals surface area (Å²) in [5, 5.41) is 4.09. The normalized spacial score (nSPS) is 23.5. The minimum atomic E-state index is 0.239. The van der Waals surface area contributed by atoms with Gasteiger partial charge in [0.25, 0.3) is 0 Å². The molecule has 0 aromatic carbocycles. The molecule has 1 aliphatic rings. The molecule has 0 radical (unpaired) electrons. The molecule has 0 aliphatic carbocycles. The van der Waals surface area contributed by atoms with E-state index in [1.165, 1.54) is 0 Å². The van der Waals surface area contributed by atoms with Crippen LogP contribution in [0.5, 0.6) is 0 Å². The molecular weight excluding hydrogens is 192 g/mol. The molecule has 2 rings (SSSR count). The second-order valence-electron chi connectivity index (χ2n) is 4.20. The Balaban J connectivity index is 1.88. The van der Waals surface area contributed by atoms with Gasteiger partial charge in [-0.1, -0.05) is 0 Å². The van der Waals surface area contributed by atoms with Gasteiger partial charge in [0.1, 0.15) is 12.7 Å². The first kappa shape index (κ1) is 10.6. The van der Waals surface area contributed by atoms with Crippen LogP contribution in [0.1, 0.15) is 13.8 Å². The summed E-state index contributed by atoms with van der Waals surface area (Å²) in [6.07, 6.45) is 3.53. The lowest BCUT2D eigenvalue weighted by Crippen LogP contribution is -2.47. The maximum Gasteiger partial charge on any atom is 0.137 e. The predicted molar refractivity (Wildman–Crippen MR) is 56.5 cm³/mol. The average molecular weight is 210 g/mol. The molecule has 5 nitrogen and oxygen atoms in total. The molecule has 0 amide bonds. The Morgan fingerprint density at radius 1 is 1.53 bits per heavy atom. The van der Waals surface area contributed by atoms with E-state index in [-0.39, 0.29) is 6.10 Å². The van der Waals surface area contributed by atoms with Crippen molar-refractivity contribution < 1.29 is 4.74 Å². The van der Waals surface area contributed by atoms with Crippen LogP contribution in [-0.4, -0.2) is 51.5 Å². The van der Waals surface area contributed by atoms with Gasteiger partial charge in [-0.05, 0) is 13.8 Å². The fraction of sp³-hybridized carbons (Fsp3) is 0.800. The topological polar surface area (TPSA) is 43.2 Å². The fourth-order valence-corrected chi connectivity index (χ4v) is 1.86. The number of morpholine rings is 1. The lowest BCUT2D eigenvalue weighted by Gasteiger charge is -2.35. The van der Waals surface area contributed by atoms with E-state index in [1.54, 1.807) is 12.7 Å². The van der Waals surface area contributed by atoms with Crippen molar-refractivity contribution in [1.82, 2.24) is 19.7 Å². The van der Waals surface area contributed by atoms with Crippen molar-refractivity contribution in [3.8, 4) is 0 Å². The Labute approximate surface area is 90.0 Å². The molecule has 0 saturated carbocycles. The number of aromatic nitrogens is 3. The molecular formula is C10H18N4O. The fourth-order valence-electron chi connectivity index (χ4n) is 1.86. The van der Waals surface area contributed by atoms with Crippen molar-refractivity contribution in [3.63, 3.8) is 0 Å². The summed E-state index contributed by atoms with van der Waals surface area (Å²) >= 11 is 0. The third-order valence-corrected chi connectivity index (χ3v) is 2.76. The van der Waals surface area contributed by atoms with Gasteiger partial charge in [-0.15, -0.1) is 0 Å². The van der Waals surface area contributed by atoms with Crippen molar-refractivity contribution in [3.05, 3.63) is 12.7 Å². The zero-order chi connectivity index (χ0) is 10.7. The summed E-state index contributed by atoms with van der Waals surface area (Å²) in [6.45, 7) is 8.07. The van der Waals surface area contributed by atoms with E-state index in [4.69, 9.17) is 4.74 Å². The predicted octanol–water partition coefficient (Wildman–Crippen LogP) is 0.387. The minimum absolute atomic E-state index is 0.239. The first-order valence-electron chi connectivity index (χ1n) is 5.44. The maximum absolute atomic E-state index is 5.70. The van der Waals surface area contributed by atoms with Gasteiger partial charge >= 0.3 is 0 Å². The Morgan fingerprint density at radius 2 is 2.40 bits per heavy atom. The Kier molecular flexibility index (Phi) is 3.33. The second-order valence-corrected chi connectivity index (χ2v) is 4.20. The largest absolute Gasteiger partial charge is 0.374 e. The second kappa shape index (κ2) is 4.72. The highest BCUT2D eigenvalue weighted by atomic mass is 16.5. The van der Waals surface area contributed by atoms with Crippen molar-refractivity contribution in [2.45, 2.75) is 32.5 Å². The molecule has 84 valence electrons. The van der Waals surface area contributed by atoms with Crippen molar-refractivity contribution >= 4 is 0 Å². The van der Waals surface area contributed by atoms with Crippen molar-refractivity contribution in [2.75, 3.05) is 19.7 Å². The number of hydrogen-bond acceptors (Lipinski definition) is 4. The lowest BCUT2D eigenvalue weighted by molar-refractivity contribution is -0.0470. The van der Waals surface area contributed by atoms with Gasteiger partial charge in [-0.25, -0.2) is 4.98 Å². The summed E-state index contributed by atoms with van der Waals surface area (Å²) in [5.74, 6) is 0. The SMILES string of the molecule is CC(C)N1CCO[C@H](Cn2cncn2)C1. The quantitative estimate of drug-likeness (QED) is 0.723. The third kappa shape index (κ3) is 2.76. The highest BCUT2D eigenvalue weighted by molar-refractivity contribution is 4.74. The van der Waals surface area contributed by atoms with Gasteiger partial charge in [0, 0.05) is 19.1 Å². The van der Waals surface area contributed by atoms with Gasteiger partial charge < -0.3 is 4.74 Å². The molecule has 0 unspecified atom stereocenters. The standard InChI is InChI=1S/C10H18N4O/c1-9(2)13-3-4-15-10(5-13)6-14-8-11-7-12-14/h7-10H,3-6H2,1-2H3/t10-/m0/s1. The van der Waals surface area contributed by atoms with Crippen LogP contribution in [-0.2, 0) is 11.3 Å². The van der Waals surface area contributed by atoms with Crippen molar-refractivity contribution in [1.29, 1.82) is 0 Å². The summed E-state index contributed by atoms with van der Waals surface area (Å²) in [5.41, 5.74) is 0. The first-order chi connectivity index (χ1) is 7.25. The van der Waals surface area contributed by atoms with Crippen LogP contribution in [0.2, 0.25) is 0 Å². The molecule has 0 bridgehead atoms. The van der Waals surface area contributed by atoms with Gasteiger partial charge in [0.15, 0.2) is 0 Å². The molecule has 15 heavy (non-hydrogen) atoms. The van der Waals surface area contributed by atoms with Crippen LogP contribution in [0.4, 0.5) is 0 Å². The molecule has 1 aromatic rings. The highest BCUT2D eigenvalue weighted by Crippen LogP contribution is 2.09. The molecule has 1 fully saturated rings. The van der Waals surface area contributed by atoms with Crippen LogP contribution in [0.3, 0.4) is 0 Å². The van der Waals surface area contributed by atoms with Crippen LogP contribution < -0.4 is 0 Å². The molecule has 1 atom stereocenters. The smallest absolute Gasteiger partial charge is 0.137 e. The third-order valence-electron chi connectivity index (χ3n) is 2.76. The van der Waals surface area contributed by atoms with Gasteiger partial charge in [-0.2, -0.15) is 5.10 Å². The molecule has 1 aromatic heterocycles. The molecule has 1 saturated heterocycles. The number of ether oxygens (including phenoxy) is 1. The van der Waals surface area contributed by atoms with Gasteiger partial charge in [0.2, 0.25) is 0 Å². The number of nitrogens with zero attached hydrogens (tertiary/aromatic N) is 4. The van der Waals surface area contributed by atoms with Crippen LogP contribution in [0, 0.1) is 0 Å². The highest BCUT2D eigenvalue weighted by Gasteiger charge is 2.22. The van der Waals surface area contributed by atoms with Crippen molar-refractivity contribution in [2.24, 2.45) is 0 Å². The summed E-state index contributed by atoms with van der Waals surface area (Å²) in [4.78, 5) is 6.36. The molecule has 1 aliphatic heterocycles. The summed E-state index contributed by atoms with van der Waals surface area (Å²) in [6, 6.07) is 0.590. The molecule has 2 heterocycles. The van der Waals surface area contributed by atoms with E-state index in [0.717, 1.165) is 26.2 Å². The Hall–Kier alpha value is -0.940. The lowest BCUT2D eigenvalue weighted by atomic mass is 10.2. The number of hydrogen-bond donors (Lipinski definition) is 0. The molecule has 0 spiro atoms. The molecule has 5 heteroatoms. The van der Waals surface area contributed by atoms with Gasteiger partial charge in [0.05, 0.1) is 19.3 Å². The summed E-state index contributed by atoms with van der Waals surface area (Å²) in [7, 11) is 0. The van der Waals surface area contributed by atoms with Gasteiger partial charge in [-0.3, -0.25) is 9.58 Å². The Morgan fingerprint density at radius 3 is 3.07 bits per heavy atom. The van der Waals surface area contributed by atoms with E-state index in [0.29, 0.717) is 6.04 Å². The maximum atomic E-state index is 5.70.